The van der Waals surface area contributed by atoms with E-state index >= 15 is 0 Å². The number of alkyl halides is 17. The van der Waals surface area contributed by atoms with Crippen LogP contribution in [0.5, 0.6) is 0 Å². The van der Waals surface area contributed by atoms with Gasteiger partial charge in [-0.2, -0.15) is 74.6 Å². The van der Waals surface area contributed by atoms with E-state index in [-0.39, 0.29) is 29.6 Å². The molecule has 0 bridgehead atoms. The Balaban J connectivity index is 0. The number of rotatable bonds is 11. The van der Waals surface area contributed by atoms with Crippen LogP contribution >= 0.6 is 0 Å². The minimum atomic E-state index is -8.66. The molecule has 0 aromatic rings. The maximum absolute atomic E-state index is 13.4. The summed E-state index contributed by atoms with van der Waals surface area (Å²) in [5.41, 5.74) is 0. The monoisotopic (exact) mass is 542 g/mol. The van der Waals surface area contributed by atoms with Crippen molar-refractivity contribution in [1.82, 2.24) is 0 Å². The van der Waals surface area contributed by atoms with Gasteiger partial charge in [0.25, 0.3) is 0 Å². The second-order valence-corrected chi connectivity index (χ2v) is 6.23. The van der Waals surface area contributed by atoms with Gasteiger partial charge in [-0.25, -0.2) is 0 Å². The number of carboxylic acids is 1. The topological polar surface area (TPSA) is 40.1 Å². The molecule has 2 nitrogen and oxygen atoms in total. The van der Waals surface area contributed by atoms with E-state index in [0.717, 1.165) is 0 Å². The second kappa shape index (κ2) is 9.73. The summed E-state index contributed by atoms with van der Waals surface area (Å²) in [6, 6.07) is 0. The number of carbonyl (C=O) groups is 1. The summed E-state index contributed by atoms with van der Waals surface area (Å²) in [7, 11) is 0. The standard InChI is InChI=1S/C13H9F17O2.Na/c14-6(15,4-2-1-3-5(31)32)7(16,17)8(18,19)9(20,21)10(22,23)11(24,25)12(26,27)13(28,29)30;/h1-4H2,(H,31,32);/q;+1/p-1. The van der Waals surface area contributed by atoms with Crippen molar-refractivity contribution in [3.05, 3.63) is 0 Å². The smallest absolute Gasteiger partial charge is 0.550 e. The first-order valence-corrected chi connectivity index (χ1v) is 7.58. The summed E-state index contributed by atoms with van der Waals surface area (Å²) in [5.74, 6) is -58.5. The molecule has 0 unspecified atom stereocenters. The summed E-state index contributed by atoms with van der Waals surface area (Å²) in [6.45, 7) is 0. The molecule has 0 rings (SSSR count). The van der Waals surface area contributed by atoms with Gasteiger partial charge in [-0.15, -0.1) is 0 Å². The normalized spacial score (nSPS) is 15.3. The number of hydrogen-bond acceptors (Lipinski definition) is 2. The Labute approximate surface area is 193 Å². The van der Waals surface area contributed by atoms with Crippen molar-refractivity contribution >= 4 is 5.97 Å². The quantitative estimate of drug-likeness (QED) is 0.229. The van der Waals surface area contributed by atoms with Crippen LogP contribution in [0.25, 0.3) is 0 Å². The van der Waals surface area contributed by atoms with Crippen molar-refractivity contribution in [2.24, 2.45) is 0 Å². The molecule has 0 aliphatic heterocycles. The number of hydrogen-bond donors (Lipinski definition) is 0. The molecule has 0 amide bonds. The SMILES string of the molecule is O=C([O-])CCCCC(F)(F)C(F)(F)C(F)(F)C(F)(F)C(F)(F)C(F)(F)C(F)(F)C(F)(F)F.[Na+]. The zero-order valence-corrected chi connectivity index (χ0v) is 17.6. The Bertz CT molecular complexity index is 685. The molecule has 0 N–H and O–H groups in total. The van der Waals surface area contributed by atoms with Gasteiger partial charge in [0.1, 0.15) is 0 Å². The van der Waals surface area contributed by atoms with Gasteiger partial charge in [-0.1, -0.05) is 0 Å². The van der Waals surface area contributed by atoms with Gasteiger partial charge in [0, 0.05) is 12.4 Å². The van der Waals surface area contributed by atoms with Crippen LogP contribution in [0.3, 0.4) is 0 Å². The van der Waals surface area contributed by atoms with Gasteiger partial charge in [0.15, 0.2) is 0 Å². The number of halogens is 17. The van der Waals surface area contributed by atoms with Crippen LogP contribution in [-0.4, -0.2) is 53.6 Å². The predicted octanol–water partition coefficient (Wildman–Crippen LogP) is 2.31. The molecular formula is C13H8F17NaO2. The molecule has 33 heavy (non-hydrogen) atoms. The van der Waals surface area contributed by atoms with E-state index in [4.69, 9.17) is 0 Å². The summed E-state index contributed by atoms with van der Waals surface area (Å²) in [5, 5.41) is 10.0. The minimum Gasteiger partial charge on any atom is -0.550 e. The molecule has 0 aromatic carbocycles. The minimum absolute atomic E-state index is 0. The Morgan fingerprint density at radius 3 is 1.12 bits per heavy atom. The third kappa shape index (κ3) is 5.43. The fourth-order valence-electron chi connectivity index (χ4n) is 1.97. The third-order valence-electron chi connectivity index (χ3n) is 3.91. The molecule has 0 heterocycles. The molecule has 192 valence electrons. The van der Waals surface area contributed by atoms with Crippen molar-refractivity contribution in [3.8, 4) is 0 Å². The largest absolute Gasteiger partial charge is 1.00 e. The number of carbonyl (C=O) groups excluding carboxylic acids is 1. The Hall–Kier alpha value is -0.720. The average Bonchev–Trinajstić information content (AvgIpc) is 2.56. The van der Waals surface area contributed by atoms with Gasteiger partial charge in [-0.3, -0.25) is 0 Å². The molecule has 20 heteroatoms. The van der Waals surface area contributed by atoms with Gasteiger partial charge >= 0.3 is 77.2 Å². The van der Waals surface area contributed by atoms with Crippen molar-refractivity contribution in [1.29, 1.82) is 0 Å². The summed E-state index contributed by atoms with van der Waals surface area (Å²) in [6.07, 6.45) is -14.1. The van der Waals surface area contributed by atoms with Crippen molar-refractivity contribution in [2.45, 2.75) is 73.3 Å². The summed E-state index contributed by atoms with van der Waals surface area (Å²) < 4.78 is 220. The van der Waals surface area contributed by atoms with E-state index in [1.165, 1.54) is 0 Å². The molecule has 0 aromatic heterocycles. The van der Waals surface area contributed by atoms with E-state index in [1.807, 2.05) is 0 Å². The molecule has 0 atom stereocenters. The van der Waals surface area contributed by atoms with Gasteiger partial charge in [-0.05, 0) is 19.3 Å². The maximum atomic E-state index is 13.4. The molecule has 0 saturated carbocycles. The molecule has 0 spiro atoms. The first kappa shape index (κ1) is 34.4. The molecule has 0 radical (unpaired) electrons. The zero-order chi connectivity index (χ0) is 26.4. The average molecular weight is 542 g/mol. The molecule has 0 aliphatic rings. The number of unbranched alkanes of at least 4 members (excludes halogenated alkanes) is 1. The first-order valence-electron chi connectivity index (χ1n) is 7.58. The summed E-state index contributed by atoms with van der Waals surface area (Å²) in [4.78, 5) is 10.0. The fraction of sp³-hybridized carbons (Fsp3) is 0.923. The maximum Gasteiger partial charge on any atom is 1.00 e. The first-order chi connectivity index (χ1) is 13.7. The molecule has 0 fully saturated rings. The predicted molar refractivity (Wildman–Crippen MR) is 64.2 cm³/mol. The number of aliphatic carboxylic acids is 1. The van der Waals surface area contributed by atoms with E-state index in [2.05, 4.69) is 0 Å². The third-order valence-corrected chi connectivity index (χ3v) is 3.91. The van der Waals surface area contributed by atoms with Crippen molar-refractivity contribution in [2.75, 3.05) is 0 Å². The van der Waals surface area contributed by atoms with E-state index in [9.17, 15) is 84.5 Å². The van der Waals surface area contributed by atoms with E-state index < -0.39 is 79.3 Å². The van der Waals surface area contributed by atoms with Crippen LogP contribution in [0.4, 0.5) is 74.6 Å². The summed E-state index contributed by atoms with van der Waals surface area (Å²) >= 11 is 0. The van der Waals surface area contributed by atoms with Crippen LogP contribution in [0.2, 0.25) is 0 Å². The van der Waals surface area contributed by atoms with Crippen molar-refractivity contribution in [3.63, 3.8) is 0 Å². The molecule has 0 aliphatic carbocycles. The number of carboxylic acid groups (broad SMARTS) is 1. The van der Waals surface area contributed by atoms with Gasteiger partial charge < -0.3 is 9.90 Å². The van der Waals surface area contributed by atoms with Crippen LogP contribution in [0, 0.1) is 0 Å². The van der Waals surface area contributed by atoms with Crippen LogP contribution in [0.15, 0.2) is 0 Å². The molecular weight excluding hydrogens is 534 g/mol. The van der Waals surface area contributed by atoms with Crippen LogP contribution < -0.4 is 34.7 Å². The van der Waals surface area contributed by atoms with Crippen molar-refractivity contribution < 1.29 is 114 Å². The fourth-order valence-corrected chi connectivity index (χ4v) is 1.97. The zero-order valence-electron chi connectivity index (χ0n) is 15.6. The Morgan fingerprint density at radius 1 is 0.515 bits per heavy atom. The Kier molecular flexibility index (Phi) is 10.2. The Morgan fingerprint density at radius 2 is 0.818 bits per heavy atom. The van der Waals surface area contributed by atoms with Crippen LogP contribution in [-0.2, 0) is 4.79 Å². The second-order valence-electron chi connectivity index (χ2n) is 6.23. The van der Waals surface area contributed by atoms with Gasteiger partial charge in [0.2, 0.25) is 0 Å². The van der Waals surface area contributed by atoms with Crippen LogP contribution in [0.1, 0.15) is 25.7 Å². The van der Waals surface area contributed by atoms with E-state index in [1.54, 1.807) is 0 Å². The molecule has 0 saturated heterocycles. The van der Waals surface area contributed by atoms with E-state index in [0.29, 0.717) is 0 Å². The van der Waals surface area contributed by atoms with Gasteiger partial charge in [0.05, 0.1) is 0 Å².